The van der Waals surface area contributed by atoms with Crippen molar-refractivity contribution in [2.45, 2.75) is 170 Å². The van der Waals surface area contributed by atoms with Crippen LogP contribution in [0.4, 0.5) is 0 Å². The Balaban J connectivity index is 1.10. The van der Waals surface area contributed by atoms with E-state index >= 15 is 0 Å². The molecule has 0 aromatic rings. The van der Waals surface area contributed by atoms with Gasteiger partial charge in [0.15, 0.2) is 12.6 Å². The lowest BCUT2D eigenvalue weighted by Crippen LogP contribution is -2.66. The maximum Gasteiger partial charge on any atom is 0.314 e. The van der Waals surface area contributed by atoms with E-state index in [0.717, 1.165) is 18.4 Å². The van der Waals surface area contributed by atoms with E-state index in [1.54, 1.807) is 0 Å². The Hall–Kier alpha value is -1.43. The van der Waals surface area contributed by atoms with E-state index in [1.807, 2.05) is 6.92 Å². The number of carbonyl (C=O) groups is 1. The molecule has 4 aliphatic carbocycles. The lowest BCUT2D eigenvalue weighted by Gasteiger charge is -2.65. The second kappa shape index (κ2) is 15.8. The standard InChI is InChI=1S/C39H62O18/c1-16-12-38-10-6-21-36(3,8-5-9-37(21,4)35(51)56-33-29(49)27(47)24(44)19(14-41)53-33)22(38)7-11-39(16,17(38)2)57-34-30(50)31(25(45)20(15-42)54-34)55-32-28(48)26(46)23(43)18(13-40)52-32/h17-34,40-50H,1,5-15H2,2-4H3/t17-,18?,19?,20?,21?,22+,23?,24?,25?,26?,27?,28?,29?,30?,31?,32?,33?,34?,36-,37-,38?,39?/m1/s1. The van der Waals surface area contributed by atoms with Crippen LogP contribution in [0.2, 0.25) is 0 Å². The van der Waals surface area contributed by atoms with Crippen molar-refractivity contribution in [3.8, 4) is 0 Å². The van der Waals surface area contributed by atoms with Crippen LogP contribution in [-0.2, 0) is 33.2 Å². The summed E-state index contributed by atoms with van der Waals surface area (Å²) < 4.78 is 35.4. The van der Waals surface area contributed by atoms with Gasteiger partial charge in [0, 0.05) is 0 Å². The van der Waals surface area contributed by atoms with Gasteiger partial charge in [-0.1, -0.05) is 26.8 Å². The second-order valence-electron chi connectivity index (χ2n) is 18.3. The fraction of sp³-hybridized carbons (Fsp3) is 0.923. The first-order valence-electron chi connectivity index (χ1n) is 20.3. The molecule has 3 saturated heterocycles. The molecular weight excluding hydrogens is 756 g/mol. The molecule has 7 aliphatic rings. The predicted molar refractivity (Wildman–Crippen MR) is 191 cm³/mol. The average Bonchev–Trinajstić information content (AvgIpc) is 3.28. The molecule has 7 rings (SSSR count). The van der Waals surface area contributed by atoms with E-state index in [4.69, 9.17) is 28.4 Å². The maximum absolute atomic E-state index is 14.2. The lowest BCUT2D eigenvalue weighted by atomic mass is 9.39. The Bertz CT molecular complexity index is 1480. The molecule has 4 saturated carbocycles. The van der Waals surface area contributed by atoms with Crippen molar-refractivity contribution in [3.05, 3.63) is 12.2 Å². The van der Waals surface area contributed by atoms with E-state index in [2.05, 4.69) is 20.4 Å². The van der Waals surface area contributed by atoms with E-state index < -0.39 is 129 Å². The first kappa shape index (κ1) is 43.7. The normalized spacial score (nSPS) is 55.2. The molecule has 57 heavy (non-hydrogen) atoms. The fourth-order valence-corrected chi connectivity index (χ4v) is 12.5. The van der Waals surface area contributed by atoms with Crippen molar-refractivity contribution in [2.75, 3.05) is 19.8 Å². The molecule has 0 aromatic carbocycles. The number of aliphatic hydroxyl groups is 11. The summed E-state index contributed by atoms with van der Waals surface area (Å²) in [7, 11) is 0. The summed E-state index contributed by atoms with van der Waals surface area (Å²) in [6.07, 6.45) is -18.4. The minimum absolute atomic E-state index is 0.112. The van der Waals surface area contributed by atoms with Crippen LogP contribution in [0.25, 0.3) is 0 Å². The molecule has 18 unspecified atom stereocenters. The topological polar surface area (TPSA) is 295 Å². The first-order valence-corrected chi connectivity index (χ1v) is 20.3. The number of carbonyl (C=O) groups excluding carboxylic acids is 1. The van der Waals surface area contributed by atoms with E-state index in [1.165, 1.54) is 0 Å². The third-order valence-electron chi connectivity index (χ3n) is 15.7. The quantitative estimate of drug-likeness (QED) is 0.0641. The monoisotopic (exact) mass is 818 g/mol. The van der Waals surface area contributed by atoms with Crippen molar-refractivity contribution in [2.24, 2.45) is 34.0 Å². The highest BCUT2D eigenvalue weighted by Crippen LogP contribution is 2.75. The van der Waals surface area contributed by atoms with E-state index in [-0.39, 0.29) is 28.6 Å². The third-order valence-corrected chi connectivity index (χ3v) is 15.7. The highest BCUT2D eigenvalue weighted by Gasteiger charge is 2.72. The molecule has 3 aliphatic heterocycles. The molecular formula is C39H62O18. The lowest BCUT2D eigenvalue weighted by molar-refractivity contribution is -0.372. The molecule has 18 heteroatoms. The van der Waals surface area contributed by atoms with Crippen LogP contribution in [0.3, 0.4) is 0 Å². The molecule has 0 radical (unpaired) electrons. The fourth-order valence-electron chi connectivity index (χ4n) is 12.5. The molecule has 7 fully saturated rings. The van der Waals surface area contributed by atoms with Gasteiger partial charge in [0.2, 0.25) is 6.29 Å². The Labute approximate surface area is 330 Å². The number of aliphatic hydroxyl groups excluding tert-OH is 11. The molecule has 0 amide bonds. The van der Waals surface area contributed by atoms with Crippen molar-refractivity contribution in [1.29, 1.82) is 0 Å². The smallest absolute Gasteiger partial charge is 0.314 e. The van der Waals surface area contributed by atoms with Gasteiger partial charge < -0.3 is 84.6 Å². The van der Waals surface area contributed by atoms with Crippen LogP contribution < -0.4 is 0 Å². The molecule has 0 aromatic heterocycles. The number of ether oxygens (including phenoxy) is 6. The van der Waals surface area contributed by atoms with Gasteiger partial charge in [-0.2, -0.15) is 0 Å². The summed E-state index contributed by atoms with van der Waals surface area (Å²) in [5.74, 6) is -0.762. The van der Waals surface area contributed by atoms with Gasteiger partial charge in [-0.3, -0.25) is 4.79 Å². The van der Waals surface area contributed by atoms with Crippen LogP contribution >= 0.6 is 0 Å². The highest BCUT2D eigenvalue weighted by atomic mass is 16.7. The number of hydrogen-bond donors (Lipinski definition) is 11. The van der Waals surface area contributed by atoms with Crippen LogP contribution in [0.15, 0.2) is 12.2 Å². The number of fused-ring (bicyclic) bond motifs is 3. The van der Waals surface area contributed by atoms with Gasteiger partial charge in [-0.05, 0) is 86.0 Å². The molecule has 1 spiro atoms. The molecule has 326 valence electrons. The van der Waals surface area contributed by atoms with E-state index in [9.17, 15) is 61.0 Å². The van der Waals surface area contributed by atoms with Crippen LogP contribution in [0, 0.1) is 34.0 Å². The largest absolute Gasteiger partial charge is 0.432 e. The summed E-state index contributed by atoms with van der Waals surface area (Å²) in [5.41, 5.74) is -1.84. The summed E-state index contributed by atoms with van der Waals surface area (Å²) in [6.45, 7) is 8.65. The Morgan fingerprint density at radius 3 is 1.84 bits per heavy atom. The van der Waals surface area contributed by atoms with Crippen LogP contribution in [0.5, 0.6) is 0 Å². The average molecular weight is 819 g/mol. The van der Waals surface area contributed by atoms with Crippen molar-refractivity contribution in [3.63, 3.8) is 0 Å². The highest BCUT2D eigenvalue weighted by molar-refractivity contribution is 5.77. The van der Waals surface area contributed by atoms with Crippen molar-refractivity contribution < 1.29 is 89.4 Å². The number of esters is 1. The minimum atomic E-state index is -1.81. The van der Waals surface area contributed by atoms with Gasteiger partial charge in [-0.15, -0.1) is 0 Å². The zero-order valence-electron chi connectivity index (χ0n) is 32.7. The first-order chi connectivity index (χ1) is 26.8. The van der Waals surface area contributed by atoms with Gasteiger partial charge in [0.25, 0.3) is 0 Å². The molecule has 18 nitrogen and oxygen atoms in total. The number of rotatable bonds is 9. The Morgan fingerprint density at radius 2 is 1.23 bits per heavy atom. The van der Waals surface area contributed by atoms with Crippen LogP contribution in [0.1, 0.15) is 72.1 Å². The van der Waals surface area contributed by atoms with Gasteiger partial charge >= 0.3 is 5.97 Å². The predicted octanol–water partition coefficient (Wildman–Crippen LogP) is -2.69. The molecule has 2 bridgehead atoms. The molecule has 3 heterocycles. The SMILES string of the molecule is C=C1CC23CCC4[C@](C)(C(=O)OC5OC(CO)C(O)C(O)C5O)CCC[C@@]4(C)[C@@H]2CCC1(OC1OC(CO)C(O)C(OC2OC(CO)C(O)C(O)C2O)C1O)[C@@H]3C. The minimum Gasteiger partial charge on any atom is -0.432 e. The Kier molecular flexibility index (Phi) is 12.1. The van der Waals surface area contributed by atoms with Gasteiger partial charge in [0.05, 0.1) is 30.8 Å². The van der Waals surface area contributed by atoms with Crippen molar-refractivity contribution >= 4 is 5.97 Å². The number of hydrogen-bond acceptors (Lipinski definition) is 18. The van der Waals surface area contributed by atoms with Crippen LogP contribution in [-0.4, -0.2) is 180 Å². The molecule has 11 N–H and O–H groups in total. The van der Waals surface area contributed by atoms with Gasteiger partial charge in [0.1, 0.15) is 73.2 Å². The third kappa shape index (κ3) is 6.65. The Morgan fingerprint density at radius 1 is 0.684 bits per heavy atom. The maximum atomic E-state index is 14.2. The summed E-state index contributed by atoms with van der Waals surface area (Å²) in [6, 6.07) is 0. The van der Waals surface area contributed by atoms with Gasteiger partial charge in [-0.25, -0.2) is 0 Å². The summed E-state index contributed by atoms with van der Waals surface area (Å²) in [4.78, 5) is 14.2. The summed E-state index contributed by atoms with van der Waals surface area (Å²) >= 11 is 0. The molecule has 22 atom stereocenters. The van der Waals surface area contributed by atoms with E-state index in [0.29, 0.717) is 38.5 Å². The zero-order valence-corrected chi connectivity index (χ0v) is 32.7. The second-order valence-corrected chi connectivity index (χ2v) is 18.3. The zero-order chi connectivity index (χ0) is 41.6. The summed E-state index contributed by atoms with van der Waals surface area (Å²) in [5, 5.41) is 115. The van der Waals surface area contributed by atoms with Crippen molar-refractivity contribution in [1.82, 2.24) is 0 Å².